The van der Waals surface area contributed by atoms with Gasteiger partial charge in [-0.05, 0) is 36.8 Å². The van der Waals surface area contributed by atoms with Crippen LogP contribution in [-0.2, 0) is 6.54 Å². The van der Waals surface area contributed by atoms with Crippen LogP contribution in [0.25, 0.3) is 0 Å². The molecular weight excluding hydrogens is 263 g/mol. The molecule has 0 radical (unpaired) electrons. The smallest absolute Gasteiger partial charge is 0.123 e. The molecule has 0 amide bonds. The minimum absolute atomic E-state index is 0.147. The Hall–Kier alpha value is -1.87. The molecule has 0 atom stereocenters. The molecule has 3 heteroatoms. The first-order valence-corrected chi connectivity index (χ1v) is 7.49. The van der Waals surface area contributed by atoms with E-state index in [1.54, 1.807) is 12.1 Å². The Kier molecular flexibility index (Phi) is 4.20. The number of benzene rings is 2. The first-order chi connectivity index (χ1) is 10.2. The normalized spacial score (nSPS) is 16.2. The highest BCUT2D eigenvalue weighted by atomic mass is 19.1. The van der Waals surface area contributed by atoms with Gasteiger partial charge in [-0.2, -0.15) is 0 Å². The number of hydrogen-bond donors (Lipinski definition) is 0. The van der Waals surface area contributed by atoms with E-state index in [1.807, 2.05) is 6.07 Å². The van der Waals surface area contributed by atoms with E-state index in [4.69, 9.17) is 0 Å². The van der Waals surface area contributed by atoms with Crippen molar-refractivity contribution in [2.24, 2.45) is 0 Å². The van der Waals surface area contributed by atoms with Crippen LogP contribution in [0.2, 0.25) is 0 Å². The van der Waals surface area contributed by atoms with E-state index in [-0.39, 0.29) is 5.82 Å². The standard InChI is InChI=1S/C18H21FN2/c1-15-5-7-18(8-6-15)21-11-9-20(10-12-21)14-16-3-2-4-17(19)13-16/h2-8,13H,9-12,14H2,1H3. The zero-order valence-corrected chi connectivity index (χ0v) is 12.4. The highest BCUT2D eigenvalue weighted by molar-refractivity contribution is 5.47. The molecule has 1 fully saturated rings. The zero-order valence-electron chi connectivity index (χ0n) is 12.4. The van der Waals surface area contributed by atoms with Gasteiger partial charge in [-0.25, -0.2) is 4.39 Å². The Labute approximate surface area is 125 Å². The summed E-state index contributed by atoms with van der Waals surface area (Å²) >= 11 is 0. The molecule has 1 saturated heterocycles. The van der Waals surface area contributed by atoms with Crippen molar-refractivity contribution < 1.29 is 4.39 Å². The van der Waals surface area contributed by atoms with E-state index in [0.717, 1.165) is 38.3 Å². The Morgan fingerprint density at radius 1 is 0.952 bits per heavy atom. The maximum atomic E-state index is 13.2. The first-order valence-electron chi connectivity index (χ1n) is 7.49. The van der Waals surface area contributed by atoms with E-state index < -0.39 is 0 Å². The maximum Gasteiger partial charge on any atom is 0.123 e. The van der Waals surface area contributed by atoms with Crippen molar-refractivity contribution >= 4 is 5.69 Å². The molecule has 1 aliphatic heterocycles. The quantitative estimate of drug-likeness (QED) is 0.851. The van der Waals surface area contributed by atoms with Crippen LogP contribution in [0.1, 0.15) is 11.1 Å². The van der Waals surface area contributed by atoms with Crippen LogP contribution in [0.4, 0.5) is 10.1 Å². The lowest BCUT2D eigenvalue weighted by molar-refractivity contribution is 0.249. The van der Waals surface area contributed by atoms with Crippen LogP contribution < -0.4 is 4.90 Å². The zero-order chi connectivity index (χ0) is 14.7. The lowest BCUT2D eigenvalue weighted by atomic mass is 10.1. The second kappa shape index (κ2) is 6.27. The van der Waals surface area contributed by atoms with Crippen molar-refractivity contribution in [2.45, 2.75) is 13.5 Å². The largest absolute Gasteiger partial charge is 0.369 e. The monoisotopic (exact) mass is 284 g/mol. The molecule has 0 aromatic heterocycles. The molecule has 0 aliphatic carbocycles. The number of rotatable bonds is 3. The van der Waals surface area contributed by atoms with Gasteiger partial charge in [0.05, 0.1) is 0 Å². The minimum Gasteiger partial charge on any atom is -0.369 e. The molecule has 0 unspecified atom stereocenters. The van der Waals surface area contributed by atoms with Crippen molar-refractivity contribution in [3.8, 4) is 0 Å². The molecule has 0 spiro atoms. The van der Waals surface area contributed by atoms with E-state index in [9.17, 15) is 4.39 Å². The van der Waals surface area contributed by atoms with Gasteiger partial charge in [-0.3, -0.25) is 4.90 Å². The van der Waals surface area contributed by atoms with Gasteiger partial charge in [-0.1, -0.05) is 29.8 Å². The average Bonchev–Trinajstić information content (AvgIpc) is 2.49. The lowest BCUT2D eigenvalue weighted by Gasteiger charge is -2.36. The van der Waals surface area contributed by atoms with Gasteiger partial charge < -0.3 is 4.90 Å². The number of anilines is 1. The van der Waals surface area contributed by atoms with Gasteiger partial charge in [0.1, 0.15) is 5.82 Å². The summed E-state index contributed by atoms with van der Waals surface area (Å²) in [5.41, 5.74) is 3.65. The van der Waals surface area contributed by atoms with Crippen molar-refractivity contribution in [1.82, 2.24) is 4.90 Å². The summed E-state index contributed by atoms with van der Waals surface area (Å²) in [5, 5.41) is 0. The predicted octanol–water partition coefficient (Wildman–Crippen LogP) is 3.46. The Morgan fingerprint density at radius 2 is 1.67 bits per heavy atom. The summed E-state index contributed by atoms with van der Waals surface area (Å²) in [6.45, 7) is 7.03. The number of hydrogen-bond acceptors (Lipinski definition) is 2. The van der Waals surface area contributed by atoms with E-state index >= 15 is 0 Å². The van der Waals surface area contributed by atoms with E-state index in [2.05, 4.69) is 41.0 Å². The topological polar surface area (TPSA) is 6.48 Å². The van der Waals surface area contributed by atoms with Gasteiger partial charge >= 0.3 is 0 Å². The van der Waals surface area contributed by atoms with Crippen LogP contribution in [-0.4, -0.2) is 31.1 Å². The number of halogens is 1. The lowest BCUT2D eigenvalue weighted by Crippen LogP contribution is -2.45. The summed E-state index contributed by atoms with van der Waals surface area (Å²) in [4.78, 5) is 4.81. The molecule has 0 N–H and O–H groups in total. The molecule has 1 heterocycles. The minimum atomic E-state index is -0.147. The average molecular weight is 284 g/mol. The Morgan fingerprint density at radius 3 is 2.33 bits per heavy atom. The summed E-state index contributed by atoms with van der Waals surface area (Å²) in [6, 6.07) is 15.6. The van der Waals surface area contributed by atoms with Crippen LogP contribution in [0.3, 0.4) is 0 Å². The predicted molar refractivity (Wildman–Crippen MR) is 85.1 cm³/mol. The van der Waals surface area contributed by atoms with Crippen LogP contribution in [0.15, 0.2) is 48.5 Å². The van der Waals surface area contributed by atoms with Crippen LogP contribution in [0.5, 0.6) is 0 Å². The summed E-state index contributed by atoms with van der Waals surface area (Å²) < 4.78 is 13.2. The third-order valence-electron chi connectivity index (χ3n) is 4.07. The second-order valence-corrected chi connectivity index (χ2v) is 5.73. The molecular formula is C18H21FN2. The molecule has 0 saturated carbocycles. The fraction of sp³-hybridized carbons (Fsp3) is 0.333. The van der Waals surface area contributed by atoms with Gasteiger partial charge in [0.2, 0.25) is 0 Å². The van der Waals surface area contributed by atoms with Crippen molar-refractivity contribution in [3.05, 3.63) is 65.5 Å². The molecule has 3 rings (SSSR count). The number of piperazine rings is 1. The molecule has 2 nitrogen and oxygen atoms in total. The summed E-state index contributed by atoms with van der Waals surface area (Å²) in [6.07, 6.45) is 0. The Bertz CT molecular complexity index is 586. The number of aryl methyl sites for hydroxylation is 1. The van der Waals surface area contributed by atoms with Crippen molar-refractivity contribution in [2.75, 3.05) is 31.1 Å². The fourth-order valence-electron chi connectivity index (χ4n) is 2.81. The van der Waals surface area contributed by atoms with E-state index in [1.165, 1.54) is 17.3 Å². The molecule has 2 aromatic rings. The molecule has 21 heavy (non-hydrogen) atoms. The second-order valence-electron chi connectivity index (χ2n) is 5.73. The summed E-state index contributed by atoms with van der Waals surface area (Å²) in [5.74, 6) is -0.147. The SMILES string of the molecule is Cc1ccc(N2CCN(Cc3cccc(F)c3)CC2)cc1. The fourth-order valence-corrected chi connectivity index (χ4v) is 2.81. The molecule has 1 aliphatic rings. The van der Waals surface area contributed by atoms with E-state index in [0.29, 0.717) is 0 Å². The van der Waals surface area contributed by atoms with Gasteiger partial charge in [0.15, 0.2) is 0 Å². The van der Waals surface area contributed by atoms with Crippen LogP contribution in [0, 0.1) is 12.7 Å². The molecule has 110 valence electrons. The Balaban J connectivity index is 1.56. The van der Waals surface area contributed by atoms with Crippen molar-refractivity contribution in [3.63, 3.8) is 0 Å². The first kappa shape index (κ1) is 14.1. The highest BCUT2D eigenvalue weighted by Crippen LogP contribution is 2.18. The molecule has 0 bridgehead atoms. The highest BCUT2D eigenvalue weighted by Gasteiger charge is 2.17. The maximum absolute atomic E-state index is 13.2. The van der Waals surface area contributed by atoms with Gasteiger partial charge in [0, 0.05) is 38.4 Å². The van der Waals surface area contributed by atoms with Gasteiger partial charge in [-0.15, -0.1) is 0 Å². The van der Waals surface area contributed by atoms with Crippen molar-refractivity contribution in [1.29, 1.82) is 0 Å². The number of nitrogens with zero attached hydrogens (tertiary/aromatic N) is 2. The summed E-state index contributed by atoms with van der Waals surface area (Å²) in [7, 11) is 0. The molecule has 2 aromatic carbocycles. The van der Waals surface area contributed by atoms with Crippen LogP contribution >= 0.6 is 0 Å². The van der Waals surface area contributed by atoms with Gasteiger partial charge in [0.25, 0.3) is 0 Å². The third-order valence-corrected chi connectivity index (χ3v) is 4.07. The third kappa shape index (κ3) is 3.61.